The van der Waals surface area contributed by atoms with Crippen LogP contribution in [0.15, 0.2) is 66.7 Å². The fourth-order valence-corrected chi connectivity index (χ4v) is 2.73. The molecule has 0 aromatic heterocycles. The van der Waals surface area contributed by atoms with Gasteiger partial charge in [0.25, 0.3) is 11.8 Å². The summed E-state index contributed by atoms with van der Waals surface area (Å²) in [6.07, 6.45) is 0. The lowest BCUT2D eigenvalue weighted by atomic mass is 10.2. The first-order valence-corrected chi connectivity index (χ1v) is 9.83. The quantitative estimate of drug-likeness (QED) is 0.500. The van der Waals surface area contributed by atoms with Gasteiger partial charge in [0.15, 0.2) is 13.2 Å². The maximum atomic E-state index is 13.6. The van der Waals surface area contributed by atoms with Crippen LogP contribution in [0.4, 0.5) is 20.2 Å². The molecule has 2 N–H and O–H groups in total. The molecule has 0 saturated carbocycles. The van der Waals surface area contributed by atoms with Gasteiger partial charge in [-0.1, -0.05) is 30.3 Å². The van der Waals surface area contributed by atoms with E-state index in [1.54, 1.807) is 25.1 Å². The van der Waals surface area contributed by atoms with Gasteiger partial charge >= 0.3 is 5.97 Å². The first kappa shape index (κ1) is 23.4. The van der Waals surface area contributed by atoms with E-state index in [9.17, 15) is 23.2 Å². The van der Waals surface area contributed by atoms with Crippen molar-refractivity contribution in [1.82, 2.24) is 0 Å². The van der Waals surface area contributed by atoms with Crippen LogP contribution in [0.25, 0.3) is 0 Å². The van der Waals surface area contributed by atoms with Crippen molar-refractivity contribution in [2.75, 3.05) is 23.8 Å². The van der Waals surface area contributed by atoms with Gasteiger partial charge in [0, 0.05) is 5.69 Å². The highest BCUT2D eigenvalue weighted by molar-refractivity contribution is 5.97. The minimum Gasteiger partial charge on any atom is -0.483 e. The average molecular weight is 454 g/mol. The minimum absolute atomic E-state index is 0.00161. The number of hydrogen-bond acceptors (Lipinski definition) is 5. The largest absolute Gasteiger partial charge is 0.483 e. The monoisotopic (exact) mass is 454 g/mol. The topological polar surface area (TPSA) is 93.7 Å². The van der Waals surface area contributed by atoms with Crippen LogP contribution in [-0.4, -0.2) is 31.0 Å². The molecule has 0 radical (unpaired) electrons. The molecule has 0 aliphatic carbocycles. The number of ether oxygens (including phenoxy) is 2. The third-order valence-electron chi connectivity index (χ3n) is 4.40. The number of aryl methyl sites for hydroxylation is 1. The van der Waals surface area contributed by atoms with Crippen molar-refractivity contribution in [3.05, 3.63) is 89.5 Å². The molecule has 3 aromatic carbocycles. The van der Waals surface area contributed by atoms with E-state index < -0.39 is 42.6 Å². The Morgan fingerprint density at radius 1 is 0.818 bits per heavy atom. The molecule has 0 saturated heterocycles. The van der Waals surface area contributed by atoms with E-state index in [2.05, 4.69) is 10.6 Å². The van der Waals surface area contributed by atoms with Crippen LogP contribution in [0.3, 0.4) is 0 Å². The second kappa shape index (κ2) is 10.9. The third kappa shape index (κ3) is 6.60. The first-order chi connectivity index (χ1) is 15.8. The summed E-state index contributed by atoms with van der Waals surface area (Å²) in [5.41, 5.74) is 0.644. The molecular formula is C24H20F2N2O5. The van der Waals surface area contributed by atoms with E-state index in [4.69, 9.17) is 9.47 Å². The van der Waals surface area contributed by atoms with Gasteiger partial charge in [0.2, 0.25) is 0 Å². The van der Waals surface area contributed by atoms with Gasteiger partial charge in [-0.05, 0) is 48.9 Å². The van der Waals surface area contributed by atoms with Crippen LogP contribution in [-0.2, 0) is 14.3 Å². The third-order valence-corrected chi connectivity index (χ3v) is 4.40. The van der Waals surface area contributed by atoms with Crippen molar-refractivity contribution in [3.8, 4) is 5.75 Å². The van der Waals surface area contributed by atoms with Gasteiger partial charge in [-0.3, -0.25) is 9.59 Å². The minimum atomic E-state index is -0.856. The molecule has 0 spiro atoms. The summed E-state index contributed by atoms with van der Waals surface area (Å²) in [4.78, 5) is 36.5. The predicted octanol–water partition coefficient (Wildman–Crippen LogP) is 4.09. The fourth-order valence-electron chi connectivity index (χ4n) is 2.73. The highest BCUT2D eigenvalue weighted by Crippen LogP contribution is 2.20. The normalized spacial score (nSPS) is 10.3. The van der Waals surface area contributed by atoms with Crippen LogP contribution in [0, 0.1) is 18.6 Å². The number of carbonyl (C=O) groups excluding carboxylic acids is 3. The molecular weight excluding hydrogens is 434 g/mol. The number of hydrogen-bond donors (Lipinski definition) is 2. The second-order valence-electron chi connectivity index (χ2n) is 6.90. The molecule has 9 heteroatoms. The molecule has 3 aromatic rings. The summed E-state index contributed by atoms with van der Waals surface area (Å²) in [6.45, 7) is 0.486. The molecule has 7 nitrogen and oxygen atoms in total. The van der Waals surface area contributed by atoms with Crippen LogP contribution in [0.1, 0.15) is 15.9 Å². The Morgan fingerprint density at radius 2 is 1.52 bits per heavy atom. The lowest BCUT2D eigenvalue weighted by molar-refractivity contribution is -0.119. The summed E-state index contributed by atoms with van der Waals surface area (Å²) in [6, 6.07) is 15.8. The summed E-state index contributed by atoms with van der Waals surface area (Å²) in [5.74, 6) is -3.17. The van der Waals surface area contributed by atoms with Gasteiger partial charge < -0.3 is 20.1 Å². The van der Waals surface area contributed by atoms with Crippen molar-refractivity contribution >= 4 is 29.2 Å². The van der Waals surface area contributed by atoms with E-state index >= 15 is 0 Å². The Kier molecular flexibility index (Phi) is 7.69. The SMILES string of the molecule is Cc1ccc(NC(=O)COC(=O)c2ccccc2OCC(=O)Nc2ccccc2F)cc1F. The van der Waals surface area contributed by atoms with Gasteiger partial charge in [-0.15, -0.1) is 0 Å². The number of para-hydroxylation sites is 2. The molecule has 0 atom stereocenters. The van der Waals surface area contributed by atoms with Crippen molar-refractivity contribution < 1.29 is 32.6 Å². The second-order valence-corrected chi connectivity index (χ2v) is 6.90. The van der Waals surface area contributed by atoms with Crippen LogP contribution in [0.2, 0.25) is 0 Å². The predicted molar refractivity (Wildman–Crippen MR) is 117 cm³/mol. The molecule has 0 bridgehead atoms. The number of amides is 2. The molecule has 0 aliphatic heterocycles. The lowest BCUT2D eigenvalue weighted by Gasteiger charge is -2.12. The summed E-state index contributed by atoms with van der Waals surface area (Å²) < 4.78 is 37.6. The Bertz CT molecular complexity index is 1180. The Labute approximate surface area is 188 Å². The Balaban J connectivity index is 1.54. The van der Waals surface area contributed by atoms with Crippen molar-refractivity contribution in [1.29, 1.82) is 0 Å². The fraction of sp³-hybridized carbons (Fsp3) is 0.125. The van der Waals surface area contributed by atoms with Gasteiger partial charge in [0.05, 0.1) is 5.69 Å². The van der Waals surface area contributed by atoms with E-state index in [1.165, 1.54) is 42.5 Å². The van der Waals surface area contributed by atoms with Crippen molar-refractivity contribution in [2.24, 2.45) is 0 Å². The van der Waals surface area contributed by atoms with Gasteiger partial charge in [-0.25, -0.2) is 13.6 Å². The number of nitrogens with one attached hydrogen (secondary N) is 2. The zero-order valence-corrected chi connectivity index (χ0v) is 17.6. The summed E-state index contributed by atoms with van der Waals surface area (Å²) in [5, 5.41) is 4.79. The number of anilines is 2. The maximum absolute atomic E-state index is 13.6. The van der Waals surface area contributed by atoms with Crippen LogP contribution < -0.4 is 15.4 Å². The van der Waals surface area contributed by atoms with Crippen LogP contribution >= 0.6 is 0 Å². The molecule has 0 unspecified atom stereocenters. The zero-order valence-electron chi connectivity index (χ0n) is 17.6. The molecule has 0 aliphatic rings. The highest BCUT2D eigenvalue weighted by atomic mass is 19.1. The molecule has 0 fully saturated rings. The van der Waals surface area contributed by atoms with E-state index in [0.717, 1.165) is 6.07 Å². The zero-order chi connectivity index (χ0) is 23.8. The van der Waals surface area contributed by atoms with E-state index in [-0.39, 0.29) is 22.7 Å². The van der Waals surface area contributed by atoms with Crippen LogP contribution in [0.5, 0.6) is 5.75 Å². The summed E-state index contributed by atoms with van der Waals surface area (Å²) >= 11 is 0. The number of halogens is 2. The molecule has 170 valence electrons. The Morgan fingerprint density at radius 3 is 2.27 bits per heavy atom. The van der Waals surface area contributed by atoms with Gasteiger partial charge in [-0.2, -0.15) is 0 Å². The standard InChI is InChI=1S/C24H20F2N2O5/c1-15-10-11-16(12-19(15)26)27-22(29)14-33-24(31)17-6-2-5-9-21(17)32-13-23(30)28-20-8-4-3-7-18(20)25/h2-12H,13-14H2,1H3,(H,27,29)(H,28,30). The van der Waals surface area contributed by atoms with E-state index in [0.29, 0.717) is 5.56 Å². The summed E-state index contributed by atoms with van der Waals surface area (Å²) in [7, 11) is 0. The number of esters is 1. The van der Waals surface area contributed by atoms with Crippen molar-refractivity contribution in [2.45, 2.75) is 6.92 Å². The first-order valence-electron chi connectivity index (χ1n) is 9.83. The molecule has 0 heterocycles. The molecule has 3 rings (SSSR count). The number of rotatable bonds is 8. The number of carbonyl (C=O) groups is 3. The lowest BCUT2D eigenvalue weighted by Crippen LogP contribution is -2.23. The van der Waals surface area contributed by atoms with E-state index in [1.807, 2.05) is 0 Å². The molecule has 33 heavy (non-hydrogen) atoms. The Hall–Kier alpha value is -4.27. The highest BCUT2D eigenvalue weighted by Gasteiger charge is 2.17. The molecule has 2 amide bonds. The van der Waals surface area contributed by atoms with Crippen molar-refractivity contribution in [3.63, 3.8) is 0 Å². The smallest absolute Gasteiger partial charge is 0.342 e. The maximum Gasteiger partial charge on any atom is 0.342 e. The number of benzene rings is 3. The average Bonchev–Trinajstić information content (AvgIpc) is 2.80. The van der Waals surface area contributed by atoms with Gasteiger partial charge in [0.1, 0.15) is 22.9 Å².